The Morgan fingerprint density at radius 3 is 2.06 bits per heavy atom. The number of carbonyl (C=O) groups is 1. The maximum Gasteiger partial charge on any atom is 0.246 e. The minimum Gasteiger partial charge on any atom is -0.492 e. The van der Waals surface area contributed by atoms with E-state index in [1.807, 2.05) is 67.6 Å². The van der Waals surface area contributed by atoms with Crippen LogP contribution in [0.25, 0.3) is 0 Å². The molecule has 1 aliphatic heterocycles. The lowest BCUT2D eigenvalue weighted by Crippen LogP contribution is -2.28. The van der Waals surface area contributed by atoms with Gasteiger partial charge in [-0.25, -0.2) is 8.42 Å². The molecular formula is C26H28N2O4S. The Labute approximate surface area is 195 Å². The van der Waals surface area contributed by atoms with Crippen LogP contribution < -0.4 is 10.1 Å². The van der Waals surface area contributed by atoms with Crippen molar-refractivity contribution < 1.29 is 17.9 Å². The first-order valence-corrected chi connectivity index (χ1v) is 12.6. The van der Waals surface area contributed by atoms with Gasteiger partial charge in [0.1, 0.15) is 10.6 Å². The molecule has 0 aromatic heterocycles. The number of nitrogens with one attached hydrogen (secondary N) is 1. The summed E-state index contributed by atoms with van der Waals surface area (Å²) in [5, 5.41) is 2.93. The molecule has 0 radical (unpaired) electrons. The molecule has 0 saturated carbocycles. The van der Waals surface area contributed by atoms with Gasteiger partial charge in [-0.2, -0.15) is 4.31 Å². The molecule has 1 aliphatic rings. The summed E-state index contributed by atoms with van der Waals surface area (Å²) in [6.45, 7) is 3.15. The van der Waals surface area contributed by atoms with Gasteiger partial charge >= 0.3 is 0 Å². The summed E-state index contributed by atoms with van der Waals surface area (Å²) in [5.41, 5.74) is 2.13. The highest BCUT2D eigenvalue weighted by Crippen LogP contribution is 2.33. The number of anilines is 1. The Morgan fingerprint density at radius 2 is 1.52 bits per heavy atom. The van der Waals surface area contributed by atoms with E-state index in [2.05, 4.69) is 5.32 Å². The van der Waals surface area contributed by atoms with E-state index in [4.69, 9.17) is 4.74 Å². The number of benzene rings is 3. The van der Waals surface area contributed by atoms with Crippen molar-refractivity contribution in [2.24, 2.45) is 0 Å². The van der Waals surface area contributed by atoms with Crippen LogP contribution in [-0.4, -0.2) is 38.3 Å². The van der Waals surface area contributed by atoms with Crippen LogP contribution >= 0.6 is 0 Å². The van der Waals surface area contributed by atoms with E-state index < -0.39 is 15.9 Å². The van der Waals surface area contributed by atoms with Crippen LogP contribution in [0, 0.1) is 0 Å². The van der Waals surface area contributed by atoms with Gasteiger partial charge in [-0.3, -0.25) is 4.79 Å². The number of hydrogen-bond donors (Lipinski definition) is 1. The average Bonchev–Trinajstić information content (AvgIpc) is 3.38. The van der Waals surface area contributed by atoms with Crippen LogP contribution in [0.1, 0.15) is 36.8 Å². The molecule has 1 saturated heterocycles. The third kappa shape index (κ3) is 5.10. The van der Waals surface area contributed by atoms with E-state index in [1.165, 1.54) is 10.4 Å². The molecule has 4 rings (SSSR count). The number of nitrogens with zero attached hydrogens (tertiary/aromatic N) is 1. The third-order valence-corrected chi connectivity index (χ3v) is 7.64. The highest BCUT2D eigenvalue weighted by molar-refractivity contribution is 7.89. The average molecular weight is 465 g/mol. The van der Waals surface area contributed by atoms with Crippen LogP contribution in [0.4, 0.5) is 5.69 Å². The zero-order chi connectivity index (χ0) is 23.3. The van der Waals surface area contributed by atoms with Crippen molar-refractivity contribution >= 4 is 21.6 Å². The van der Waals surface area contributed by atoms with Crippen molar-refractivity contribution in [3.05, 3.63) is 90.0 Å². The molecule has 3 aromatic carbocycles. The molecule has 6 nitrogen and oxygen atoms in total. The van der Waals surface area contributed by atoms with Crippen molar-refractivity contribution in [1.29, 1.82) is 0 Å². The minimum atomic E-state index is -3.72. The first-order valence-electron chi connectivity index (χ1n) is 11.2. The van der Waals surface area contributed by atoms with Crippen LogP contribution in [0.5, 0.6) is 5.75 Å². The quantitative estimate of drug-likeness (QED) is 0.527. The predicted molar refractivity (Wildman–Crippen MR) is 129 cm³/mol. The predicted octanol–water partition coefficient (Wildman–Crippen LogP) is 4.64. The maximum atomic E-state index is 13.4. The lowest BCUT2D eigenvalue weighted by atomic mass is 9.90. The Hall–Kier alpha value is -3.16. The number of carbonyl (C=O) groups excluding carboxylic acids is 1. The zero-order valence-corrected chi connectivity index (χ0v) is 19.4. The first kappa shape index (κ1) is 23.0. The second-order valence-electron chi connectivity index (χ2n) is 7.95. The fourth-order valence-corrected chi connectivity index (χ4v) is 5.80. The molecule has 0 unspecified atom stereocenters. The van der Waals surface area contributed by atoms with Crippen LogP contribution in [0.2, 0.25) is 0 Å². The maximum absolute atomic E-state index is 13.4. The Balaban J connectivity index is 1.68. The summed E-state index contributed by atoms with van der Waals surface area (Å²) in [4.78, 5) is 13.5. The summed E-state index contributed by atoms with van der Waals surface area (Å²) in [6.07, 6.45) is 1.69. The molecule has 7 heteroatoms. The first-order chi connectivity index (χ1) is 16.0. The van der Waals surface area contributed by atoms with E-state index in [9.17, 15) is 13.2 Å². The van der Waals surface area contributed by atoms with Crippen molar-refractivity contribution in [3.8, 4) is 5.75 Å². The Morgan fingerprint density at radius 1 is 0.939 bits per heavy atom. The third-order valence-electron chi connectivity index (χ3n) is 5.72. The van der Waals surface area contributed by atoms with Gasteiger partial charge in [0, 0.05) is 18.8 Å². The topological polar surface area (TPSA) is 75.7 Å². The van der Waals surface area contributed by atoms with Gasteiger partial charge in [-0.05, 0) is 49.1 Å². The summed E-state index contributed by atoms with van der Waals surface area (Å²) < 4.78 is 33.6. The molecule has 1 fully saturated rings. The molecule has 172 valence electrons. The number of sulfonamides is 1. The number of rotatable bonds is 8. The fraction of sp³-hybridized carbons (Fsp3) is 0.269. The van der Waals surface area contributed by atoms with Gasteiger partial charge in [0.2, 0.25) is 15.9 Å². The number of hydrogen-bond acceptors (Lipinski definition) is 4. The molecule has 0 atom stereocenters. The standard InChI is InChI=1S/C26H28N2O4S/c1-2-32-23-16-15-22(19-24(23)33(30,31)28-17-9-10-18-28)27-26(29)25(20-11-5-3-6-12-20)21-13-7-4-8-14-21/h3-8,11-16,19,25H,2,9-10,17-18H2,1H3,(H,27,29). The van der Waals surface area contributed by atoms with Crippen molar-refractivity contribution in [2.75, 3.05) is 25.0 Å². The molecule has 0 bridgehead atoms. The van der Waals surface area contributed by atoms with Gasteiger partial charge < -0.3 is 10.1 Å². The van der Waals surface area contributed by atoms with Crippen LogP contribution in [0.3, 0.4) is 0 Å². The smallest absolute Gasteiger partial charge is 0.246 e. The molecule has 0 aliphatic carbocycles. The summed E-state index contributed by atoms with van der Waals surface area (Å²) in [7, 11) is -3.72. The van der Waals surface area contributed by atoms with Gasteiger partial charge in [0.25, 0.3) is 0 Å². The largest absolute Gasteiger partial charge is 0.492 e. The van der Waals surface area contributed by atoms with E-state index in [-0.39, 0.29) is 10.8 Å². The molecule has 1 amide bonds. The van der Waals surface area contributed by atoms with Crippen LogP contribution in [-0.2, 0) is 14.8 Å². The van der Waals surface area contributed by atoms with Gasteiger partial charge in [0.05, 0.1) is 12.5 Å². The molecule has 3 aromatic rings. The van der Waals surface area contributed by atoms with Gasteiger partial charge in [-0.1, -0.05) is 60.7 Å². The van der Waals surface area contributed by atoms with Crippen LogP contribution in [0.15, 0.2) is 83.8 Å². The zero-order valence-electron chi connectivity index (χ0n) is 18.6. The summed E-state index contributed by atoms with van der Waals surface area (Å²) in [5.74, 6) is -0.469. The highest BCUT2D eigenvalue weighted by Gasteiger charge is 2.31. The monoisotopic (exact) mass is 464 g/mol. The molecule has 0 spiro atoms. The summed E-state index contributed by atoms with van der Waals surface area (Å²) >= 11 is 0. The highest BCUT2D eigenvalue weighted by atomic mass is 32.2. The SMILES string of the molecule is CCOc1ccc(NC(=O)C(c2ccccc2)c2ccccc2)cc1S(=O)(=O)N1CCCC1. The molecule has 1 heterocycles. The van der Waals surface area contributed by atoms with Gasteiger partial charge in [0.15, 0.2) is 0 Å². The van der Waals surface area contributed by atoms with Gasteiger partial charge in [-0.15, -0.1) is 0 Å². The minimum absolute atomic E-state index is 0.0834. The normalized spacial score (nSPS) is 14.4. The summed E-state index contributed by atoms with van der Waals surface area (Å²) in [6, 6.07) is 23.9. The second-order valence-corrected chi connectivity index (χ2v) is 9.86. The Bertz CT molecular complexity index is 1150. The Kier molecular flexibility index (Phi) is 7.11. The molecular weight excluding hydrogens is 436 g/mol. The number of amides is 1. The lowest BCUT2D eigenvalue weighted by Gasteiger charge is -2.21. The molecule has 33 heavy (non-hydrogen) atoms. The van der Waals surface area contributed by atoms with Crippen molar-refractivity contribution in [1.82, 2.24) is 4.31 Å². The number of ether oxygens (including phenoxy) is 1. The fourth-order valence-electron chi connectivity index (χ4n) is 4.13. The second kappa shape index (κ2) is 10.2. The van der Waals surface area contributed by atoms with E-state index in [1.54, 1.807) is 12.1 Å². The van der Waals surface area contributed by atoms with E-state index in [0.29, 0.717) is 31.1 Å². The van der Waals surface area contributed by atoms with E-state index in [0.717, 1.165) is 24.0 Å². The van der Waals surface area contributed by atoms with Crippen molar-refractivity contribution in [3.63, 3.8) is 0 Å². The molecule has 1 N–H and O–H groups in total. The van der Waals surface area contributed by atoms with E-state index >= 15 is 0 Å². The van der Waals surface area contributed by atoms with Crippen molar-refractivity contribution in [2.45, 2.75) is 30.6 Å². The lowest BCUT2D eigenvalue weighted by molar-refractivity contribution is -0.116.